The van der Waals surface area contributed by atoms with Crippen molar-refractivity contribution in [2.24, 2.45) is 9.98 Å². The second-order valence-corrected chi connectivity index (χ2v) is 12.4. The Bertz CT molecular complexity index is 2030. The van der Waals surface area contributed by atoms with Gasteiger partial charge in [-0.2, -0.15) is 5.26 Å². The fourth-order valence-corrected chi connectivity index (χ4v) is 6.40. The van der Waals surface area contributed by atoms with Crippen LogP contribution in [0.15, 0.2) is 83.2 Å². The van der Waals surface area contributed by atoms with Crippen LogP contribution in [0, 0.1) is 11.3 Å². The van der Waals surface area contributed by atoms with E-state index in [1.807, 2.05) is 62.7 Å². The van der Waals surface area contributed by atoms with Crippen LogP contribution in [-0.2, 0) is 6.54 Å². The van der Waals surface area contributed by atoms with Crippen LogP contribution in [-0.4, -0.2) is 77.4 Å². The van der Waals surface area contributed by atoms with Gasteiger partial charge in [0.05, 0.1) is 28.4 Å². The third-order valence-electron chi connectivity index (χ3n) is 8.78. The maximum absolute atomic E-state index is 10.2. The summed E-state index contributed by atoms with van der Waals surface area (Å²) in [5.41, 5.74) is 5.25. The molecule has 1 saturated heterocycles. The molecule has 3 N–H and O–H groups in total. The summed E-state index contributed by atoms with van der Waals surface area (Å²) < 4.78 is 2.17. The Balaban J connectivity index is 0.00000248. The quantitative estimate of drug-likeness (QED) is 0.128. The number of hydrogen-bond acceptors (Lipinski definition) is 11. The topological polar surface area (TPSA) is 159 Å². The molecule has 264 valence electrons. The molecule has 0 amide bonds. The van der Waals surface area contributed by atoms with Gasteiger partial charge < -0.3 is 19.9 Å². The lowest BCUT2D eigenvalue weighted by Crippen LogP contribution is -2.57. The Morgan fingerprint density at radius 3 is 2.31 bits per heavy atom. The van der Waals surface area contributed by atoms with Crippen LogP contribution in [0.25, 0.3) is 23.5 Å². The van der Waals surface area contributed by atoms with E-state index in [0.717, 1.165) is 43.7 Å². The first kappa shape index (κ1) is 36.9. The highest BCUT2D eigenvalue weighted by Gasteiger charge is 2.38. The van der Waals surface area contributed by atoms with Crippen molar-refractivity contribution >= 4 is 41.8 Å². The molecule has 51 heavy (non-hydrogen) atoms. The number of imidazole rings is 1. The highest BCUT2D eigenvalue weighted by Crippen LogP contribution is 2.31. The molecule has 0 spiro atoms. The summed E-state index contributed by atoms with van der Waals surface area (Å²) in [5, 5.41) is 41.7. The van der Waals surface area contributed by atoms with Gasteiger partial charge in [0.25, 0.3) is 0 Å². The minimum Gasteiger partial charge on any atom is -0.328 e. The maximum atomic E-state index is 10.2. The van der Waals surface area contributed by atoms with Crippen molar-refractivity contribution in [2.45, 2.75) is 71.7 Å². The summed E-state index contributed by atoms with van der Waals surface area (Å²) in [5.74, 6) is -0.0572. The molecule has 4 aromatic rings. The molecule has 6 rings (SSSR count). The Kier molecular flexibility index (Phi) is 12.0. The standard InChI is InChI=1S/C37H39N9O3.C2H6/c1-25(2)45-24-41-31-21-29(13-14-32(31)45)42-36(35(39-3)27-7-5-4-6-8-27)28-11-9-26(10-12-28)23-44-19-16-30(17-20-44)46(37(47,48)49)34-15-18-40-33(22-38)43-34;1-2/h4-12,14-15,18,21,24-25,30,47-49H,3,13,16-17,19-20,23H2,1-2H3;1-2H3/b36-35-,42-29?;. The average molecular weight is 688 g/mol. The molecule has 1 aliphatic carbocycles. The number of benzene rings is 2. The second kappa shape index (κ2) is 16.6. The number of piperidine rings is 1. The molecular weight excluding hydrogens is 642 g/mol. The van der Waals surface area contributed by atoms with E-state index in [4.69, 9.17) is 4.99 Å². The van der Waals surface area contributed by atoms with Gasteiger partial charge in [0.15, 0.2) is 0 Å². The highest BCUT2D eigenvalue weighted by atomic mass is 16.7. The summed E-state index contributed by atoms with van der Waals surface area (Å²) >= 11 is 0. The van der Waals surface area contributed by atoms with Crippen LogP contribution in [0.5, 0.6) is 0 Å². The zero-order chi connectivity index (χ0) is 36.5. The largest absolute Gasteiger partial charge is 0.371 e. The number of aliphatic imine (C=N–C) groups is 2. The molecule has 3 heterocycles. The summed E-state index contributed by atoms with van der Waals surface area (Å²) in [4.78, 5) is 25.4. The van der Waals surface area contributed by atoms with Crippen molar-refractivity contribution < 1.29 is 15.3 Å². The summed E-state index contributed by atoms with van der Waals surface area (Å²) in [6.45, 7) is 14.2. The molecule has 12 heteroatoms. The van der Waals surface area contributed by atoms with Crippen LogP contribution in [0.1, 0.15) is 75.5 Å². The Hall–Kier alpha value is -5.32. The van der Waals surface area contributed by atoms with Gasteiger partial charge in [0.1, 0.15) is 11.9 Å². The highest BCUT2D eigenvalue weighted by molar-refractivity contribution is 6.15. The molecule has 1 fully saturated rings. The smallest absolute Gasteiger partial charge is 0.328 e. The van der Waals surface area contributed by atoms with Crippen molar-refractivity contribution in [3.05, 3.63) is 106 Å². The number of nitriles is 1. The summed E-state index contributed by atoms with van der Waals surface area (Å²) in [6, 6.07) is 21.4. The predicted octanol–water partition coefficient (Wildman–Crippen LogP) is 3.84. The molecule has 12 nitrogen and oxygen atoms in total. The monoisotopic (exact) mass is 687 g/mol. The van der Waals surface area contributed by atoms with Gasteiger partial charge in [0.2, 0.25) is 5.82 Å². The van der Waals surface area contributed by atoms with E-state index in [0.29, 0.717) is 50.6 Å². The minimum absolute atomic E-state index is 0.0683. The van der Waals surface area contributed by atoms with Gasteiger partial charge in [-0.1, -0.05) is 74.5 Å². The van der Waals surface area contributed by atoms with Gasteiger partial charge in [-0.15, -0.1) is 0 Å². The van der Waals surface area contributed by atoms with Crippen LogP contribution >= 0.6 is 0 Å². The lowest BCUT2D eigenvalue weighted by Gasteiger charge is -2.42. The third-order valence-corrected chi connectivity index (χ3v) is 8.78. The molecule has 2 aromatic carbocycles. The number of anilines is 1. The first-order chi connectivity index (χ1) is 24.6. The molecule has 1 aliphatic heterocycles. The Morgan fingerprint density at radius 1 is 1.00 bits per heavy atom. The van der Waals surface area contributed by atoms with E-state index in [1.165, 1.54) is 12.3 Å². The fraction of sp³-hybridized carbons (Fsp3) is 0.333. The van der Waals surface area contributed by atoms with Crippen molar-refractivity contribution in [1.29, 1.82) is 5.26 Å². The predicted molar refractivity (Wildman–Crippen MR) is 200 cm³/mol. The molecule has 2 aliphatic rings. The van der Waals surface area contributed by atoms with Gasteiger partial charge in [-0.05, 0) is 51.1 Å². The van der Waals surface area contributed by atoms with E-state index in [2.05, 4.69) is 80.3 Å². The number of fused-ring (bicyclic) bond motifs is 1. The van der Waals surface area contributed by atoms with E-state index in [9.17, 15) is 20.6 Å². The van der Waals surface area contributed by atoms with E-state index in [-0.39, 0.29) is 11.6 Å². The van der Waals surface area contributed by atoms with Crippen molar-refractivity contribution in [2.75, 3.05) is 18.0 Å². The van der Waals surface area contributed by atoms with Crippen LogP contribution in [0.2, 0.25) is 0 Å². The van der Waals surface area contributed by atoms with Crippen LogP contribution < -0.4 is 15.6 Å². The summed E-state index contributed by atoms with van der Waals surface area (Å²) in [7, 11) is 0. The molecule has 2 aromatic heterocycles. The fourth-order valence-electron chi connectivity index (χ4n) is 6.40. The number of hydrogen-bond donors (Lipinski definition) is 3. The van der Waals surface area contributed by atoms with E-state index in [1.54, 1.807) is 0 Å². The van der Waals surface area contributed by atoms with Crippen LogP contribution in [0.4, 0.5) is 5.82 Å². The second-order valence-electron chi connectivity index (χ2n) is 12.4. The van der Waals surface area contributed by atoms with Crippen molar-refractivity contribution in [3.63, 3.8) is 0 Å². The van der Waals surface area contributed by atoms with E-state index >= 15 is 0 Å². The lowest BCUT2D eigenvalue weighted by atomic mass is 10.0. The maximum Gasteiger partial charge on any atom is 0.371 e. The Morgan fingerprint density at radius 2 is 1.69 bits per heavy atom. The zero-order valence-corrected chi connectivity index (χ0v) is 29.6. The van der Waals surface area contributed by atoms with Gasteiger partial charge >= 0.3 is 6.10 Å². The molecule has 0 atom stereocenters. The molecule has 0 unspecified atom stereocenters. The number of aliphatic hydroxyl groups is 3. The lowest BCUT2D eigenvalue weighted by molar-refractivity contribution is -0.314. The van der Waals surface area contributed by atoms with Crippen molar-refractivity contribution in [3.8, 4) is 6.07 Å². The molecular formula is C39H45N9O3. The first-order valence-corrected chi connectivity index (χ1v) is 17.2. The number of aromatic nitrogens is 4. The minimum atomic E-state index is -3.14. The normalized spacial score (nSPS) is 16.2. The molecule has 0 radical (unpaired) electrons. The Labute approximate surface area is 298 Å². The van der Waals surface area contributed by atoms with E-state index < -0.39 is 12.1 Å². The molecule has 0 bridgehead atoms. The third kappa shape index (κ3) is 8.71. The number of nitrogens with zero attached hydrogens (tertiary/aromatic N) is 9. The molecule has 0 saturated carbocycles. The van der Waals surface area contributed by atoms with Gasteiger partial charge in [-0.25, -0.2) is 15.0 Å². The van der Waals surface area contributed by atoms with Gasteiger partial charge in [-0.3, -0.25) is 19.8 Å². The number of likely N-dealkylation sites (tertiary alicyclic amines) is 1. The van der Waals surface area contributed by atoms with Crippen molar-refractivity contribution in [1.82, 2.24) is 24.4 Å². The summed E-state index contributed by atoms with van der Waals surface area (Å²) in [6.07, 6.45) is 6.04. The van der Waals surface area contributed by atoms with Gasteiger partial charge in [0, 0.05) is 61.2 Å². The SMILES string of the molecule is C=N/C(=C(\N=C1C=c2ncn(C(C)C)c2=CC1)c1ccc(CN2CCC(N(c3ccnc(C#N)n3)C(O)(O)O)CC2)cc1)c1ccccc1.CC. The zero-order valence-electron chi connectivity index (χ0n) is 29.6. The number of rotatable bonds is 10. The first-order valence-electron chi connectivity index (χ1n) is 17.2. The average Bonchev–Trinajstić information content (AvgIpc) is 3.57. The van der Waals surface area contributed by atoms with Crippen LogP contribution in [0.3, 0.4) is 0 Å².